The molecule has 0 spiro atoms. The zero-order chi connectivity index (χ0) is 23.3. The van der Waals surface area contributed by atoms with Gasteiger partial charge < -0.3 is 0 Å². The van der Waals surface area contributed by atoms with Gasteiger partial charge in [0.05, 0.1) is 31.5 Å². The average Bonchev–Trinajstić information content (AvgIpc) is 3.08. The number of nitro groups is 1. The first-order valence-corrected chi connectivity index (χ1v) is 11.7. The van der Waals surface area contributed by atoms with Crippen molar-refractivity contribution in [2.75, 3.05) is 4.90 Å². The number of nitrogens with zero attached hydrogens (tertiary/aromatic N) is 2. The average molecular weight is 572 g/mol. The second-order valence-electron chi connectivity index (χ2n) is 8.37. The highest BCUT2D eigenvalue weighted by Gasteiger charge is 2.72. The minimum atomic E-state index is -1.00. The summed E-state index contributed by atoms with van der Waals surface area (Å²) in [5.41, 5.74) is 2.57. The molecule has 7 rings (SSSR count). The van der Waals surface area contributed by atoms with Gasteiger partial charge in [-0.15, -0.1) is 0 Å². The number of imide groups is 1. The summed E-state index contributed by atoms with van der Waals surface area (Å²) in [5.74, 6) is -3.68. The third-order valence-corrected chi connectivity index (χ3v) is 9.66. The van der Waals surface area contributed by atoms with E-state index in [0.717, 1.165) is 45.4 Å². The molecule has 6 nitrogen and oxygen atoms in total. The molecule has 3 aromatic carbocycles. The summed E-state index contributed by atoms with van der Waals surface area (Å²) in [4.78, 5) is 39.5. The molecule has 164 valence electrons. The molecule has 1 aliphatic heterocycles. The van der Waals surface area contributed by atoms with Crippen LogP contribution in [0.2, 0.25) is 0 Å². The first-order chi connectivity index (χ1) is 15.7. The second kappa shape index (κ2) is 6.57. The molecule has 33 heavy (non-hydrogen) atoms. The molecule has 2 atom stereocenters. The number of halogens is 3. The molecule has 0 unspecified atom stereocenters. The standard InChI is InChI=1S/C24H13Br2FN2O4/c25-23-13-5-1-2-6-14(13)24(26,16-8-4-3-7-15(16)23)20-19(23)21(30)28(22(20)31)17-10-9-12(27)11-18(17)29(32)33/h1-11,19-20H/t19-,20-,23?,24?/m1/s1. The Kier molecular flexibility index (Phi) is 4.12. The molecule has 4 aliphatic rings. The van der Waals surface area contributed by atoms with Crippen molar-refractivity contribution in [3.8, 4) is 0 Å². The summed E-state index contributed by atoms with van der Waals surface area (Å²) in [6.45, 7) is 0. The molecule has 1 heterocycles. The SMILES string of the molecule is O=C1[C@H]2[C@H](C(=O)N1c1ccc(F)cc1[N+](=O)[O-])C1(Br)c3ccccc3C2(Br)c2ccccc21. The van der Waals surface area contributed by atoms with Crippen molar-refractivity contribution in [2.45, 2.75) is 8.65 Å². The molecule has 2 amide bonds. The number of nitro benzene ring substituents is 1. The van der Waals surface area contributed by atoms with E-state index in [1.165, 1.54) is 0 Å². The molecule has 1 saturated heterocycles. The Labute approximate surface area is 203 Å². The van der Waals surface area contributed by atoms with Crippen LogP contribution in [-0.2, 0) is 18.2 Å². The van der Waals surface area contributed by atoms with Crippen LogP contribution < -0.4 is 4.90 Å². The van der Waals surface area contributed by atoms with E-state index in [2.05, 4.69) is 31.9 Å². The van der Waals surface area contributed by atoms with Crippen molar-refractivity contribution in [1.29, 1.82) is 0 Å². The lowest BCUT2D eigenvalue weighted by Gasteiger charge is -2.55. The molecule has 2 bridgehead atoms. The van der Waals surface area contributed by atoms with Gasteiger partial charge in [0.2, 0.25) is 11.8 Å². The molecular formula is C24H13Br2FN2O4. The van der Waals surface area contributed by atoms with Gasteiger partial charge in [-0.1, -0.05) is 80.4 Å². The quantitative estimate of drug-likeness (QED) is 0.184. The van der Waals surface area contributed by atoms with E-state index in [9.17, 15) is 24.1 Å². The number of hydrogen-bond acceptors (Lipinski definition) is 4. The fraction of sp³-hybridized carbons (Fsp3) is 0.167. The van der Waals surface area contributed by atoms with Crippen LogP contribution in [0.25, 0.3) is 0 Å². The first-order valence-electron chi connectivity index (χ1n) is 10.1. The van der Waals surface area contributed by atoms with Crippen LogP contribution in [0.3, 0.4) is 0 Å². The zero-order valence-corrected chi connectivity index (χ0v) is 19.8. The Morgan fingerprint density at radius 3 is 1.64 bits per heavy atom. The number of amides is 2. The van der Waals surface area contributed by atoms with Crippen molar-refractivity contribution in [1.82, 2.24) is 0 Å². The number of carbonyl (C=O) groups is 2. The van der Waals surface area contributed by atoms with Gasteiger partial charge in [0.25, 0.3) is 5.69 Å². The highest BCUT2D eigenvalue weighted by atomic mass is 79.9. The molecule has 0 radical (unpaired) electrons. The fourth-order valence-corrected chi connectivity index (χ4v) is 8.04. The van der Waals surface area contributed by atoms with Crippen molar-refractivity contribution in [3.05, 3.63) is 105 Å². The minimum Gasteiger partial charge on any atom is -0.274 e. The molecular weight excluding hydrogens is 559 g/mol. The van der Waals surface area contributed by atoms with Gasteiger partial charge >= 0.3 is 0 Å². The Morgan fingerprint density at radius 2 is 1.24 bits per heavy atom. The Hall–Kier alpha value is -2.91. The van der Waals surface area contributed by atoms with E-state index in [1.54, 1.807) is 0 Å². The van der Waals surface area contributed by atoms with E-state index < -0.39 is 48.7 Å². The number of benzene rings is 3. The maximum absolute atomic E-state index is 13.9. The third-order valence-electron chi connectivity index (χ3n) is 6.96. The maximum Gasteiger partial charge on any atom is 0.296 e. The van der Waals surface area contributed by atoms with Crippen molar-refractivity contribution in [3.63, 3.8) is 0 Å². The van der Waals surface area contributed by atoms with Gasteiger partial charge in [-0.2, -0.15) is 0 Å². The second-order valence-corrected chi connectivity index (χ2v) is 10.9. The van der Waals surface area contributed by atoms with Crippen molar-refractivity contribution < 1.29 is 18.9 Å². The van der Waals surface area contributed by atoms with E-state index in [4.69, 9.17) is 0 Å². The highest BCUT2D eigenvalue weighted by Crippen LogP contribution is 2.71. The predicted molar refractivity (Wildman–Crippen MR) is 125 cm³/mol. The lowest BCUT2D eigenvalue weighted by molar-refractivity contribution is -0.384. The van der Waals surface area contributed by atoms with Gasteiger partial charge in [-0.05, 0) is 34.4 Å². The predicted octanol–water partition coefficient (Wildman–Crippen LogP) is 5.14. The van der Waals surface area contributed by atoms with Crippen LogP contribution in [0.1, 0.15) is 22.3 Å². The summed E-state index contributed by atoms with van der Waals surface area (Å²) in [7, 11) is 0. The minimum absolute atomic E-state index is 0.231. The van der Waals surface area contributed by atoms with Crippen LogP contribution in [0, 0.1) is 27.8 Å². The van der Waals surface area contributed by atoms with E-state index >= 15 is 0 Å². The third kappa shape index (κ3) is 2.31. The van der Waals surface area contributed by atoms with Gasteiger partial charge in [-0.3, -0.25) is 19.7 Å². The van der Waals surface area contributed by atoms with Crippen LogP contribution in [0.4, 0.5) is 15.8 Å². The van der Waals surface area contributed by atoms with E-state index in [1.807, 2.05) is 48.5 Å². The Morgan fingerprint density at radius 1 is 0.818 bits per heavy atom. The first kappa shape index (κ1) is 20.7. The van der Waals surface area contributed by atoms with Gasteiger partial charge in [0.15, 0.2) is 0 Å². The summed E-state index contributed by atoms with van der Waals surface area (Å²) < 4.78 is 11.8. The molecule has 1 fully saturated rings. The summed E-state index contributed by atoms with van der Waals surface area (Å²) in [5, 5.41) is 11.7. The zero-order valence-electron chi connectivity index (χ0n) is 16.7. The van der Waals surface area contributed by atoms with Gasteiger partial charge in [-0.25, -0.2) is 9.29 Å². The van der Waals surface area contributed by atoms with Crippen molar-refractivity contribution >= 4 is 55.0 Å². The normalized spacial score (nSPS) is 29.0. The van der Waals surface area contributed by atoms with Crippen LogP contribution in [-0.4, -0.2) is 16.7 Å². The molecule has 9 heteroatoms. The van der Waals surface area contributed by atoms with Crippen LogP contribution >= 0.6 is 31.9 Å². The number of rotatable bonds is 2. The van der Waals surface area contributed by atoms with Gasteiger partial charge in [0.1, 0.15) is 11.5 Å². The molecule has 0 N–H and O–H groups in total. The molecule has 0 aromatic heterocycles. The van der Waals surface area contributed by atoms with Crippen LogP contribution in [0.5, 0.6) is 0 Å². The van der Waals surface area contributed by atoms with Crippen LogP contribution in [0.15, 0.2) is 66.7 Å². The number of alkyl halides is 2. The number of carbonyl (C=O) groups excluding carboxylic acids is 2. The smallest absolute Gasteiger partial charge is 0.274 e. The lowest BCUT2D eigenvalue weighted by atomic mass is 9.54. The largest absolute Gasteiger partial charge is 0.296 e. The van der Waals surface area contributed by atoms with Gasteiger partial charge in [0, 0.05) is 0 Å². The lowest BCUT2D eigenvalue weighted by Crippen LogP contribution is -2.56. The Balaban J connectivity index is 1.65. The summed E-state index contributed by atoms with van der Waals surface area (Å²) >= 11 is 7.75. The highest BCUT2D eigenvalue weighted by molar-refractivity contribution is 9.10. The summed E-state index contributed by atoms with van der Waals surface area (Å²) in [6, 6.07) is 18.0. The monoisotopic (exact) mass is 570 g/mol. The number of hydrogen-bond donors (Lipinski definition) is 0. The molecule has 0 saturated carbocycles. The van der Waals surface area contributed by atoms with Crippen molar-refractivity contribution in [2.24, 2.45) is 11.8 Å². The summed E-state index contributed by atoms with van der Waals surface area (Å²) in [6.07, 6.45) is 0. The Bertz CT molecular complexity index is 1300. The molecule has 3 aromatic rings. The fourth-order valence-electron chi connectivity index (χ4n) is 5.74. The van der Waals surface area contributed by atoms with E-state index in [-0.39, 0.29) is 5.69 Å². The maximum atomic E-state index is 13.9. The topological polar surface area (TPSA) is 80.5 Å². The number of anilines is 1. The molecule has 3 aliphatic carbocycles. The van der Waals surface area contributed by atoms with E-state index in [0.29, 0.717) is 0 Å².